The van der Waals surface area contributed by atoms with E-state index < -0.39 is 17.7 Å². The lowest BCUT2D eigenvalue weighted by Crippen LogP contribution is -2.33. The summed E-state index contributed by atoms with van der Waals surface area (Å²) in [5.41, 5.74) is 2.91. The Labute approximate surface area is 214 Å². The highest BCUT2D eigenvalue weighted by Gasteiger charge is 2.46. The fraction of sp³-hybridized carbons (Fsp3) is 0.448. The highest BCUT2D eigenvalue weighted by Crippen LogP contribution is 2.41. The number of Topliss-reactive ketones (excluding diaryl/α,β-unsaturated/α-hetero) is 1. The molecule has 1 N–H and O–H groups in total. The van der Waals surface area contributed by atoms with Crippen LogP contribution in [0.25, 0.3) is 5.76 Å². The number of hydrogen-bond acceptors (Lipinski definition) is 6. The van der Waals surface area contributed by atoms with Gasteiger partial charge in [0.25, 0.3) is 11.7 Å². The van der Waals surface area contributed by atoms with Crippen molar-refractivity contribution in [2.24, 2.45) is 0 Å². The molecule has 0 saturated carbocycles. The van der Waals surface area contributed by atoms with E-state index in [1.807, 2.05) is 63.2 Å². The number of methoxy groups -OCH3 is 1. The quantitative estimate of drug-likeness (QED) is 0.319. The topological polar surface area (TPSA) is 79.3 Å². The molecule has 7 heteroatoms. The lowest BCUT2D eigenvalue weighted by atomic mass is 9.84. The molecule has 1 aliphatic heterocycles. The molecule has 0 spiro atoms. The van der Waals surface area contributed by atoms with Crippen LogP contribution in [-0.4, -0.2) is 62.2 Å². The molecule has 0 bridgehead atoms. The van der Waals surface area contributed by atoms with Crippen LogP contribution in [0.5, 0.6) is 5.75 Å². The molecule has 1 fully saturated rings. The predicted octanol–water partition coefficient (Wildman–Crippen LogP) is 4.91. The minimum absolute atomic E-state index is 0.00485. The number of carbonyl (C=O) groups excluding carboxylic acids is 2. The van der Waals surface area contributed by atoms with E-state index in [1.165, 1.54) is 4.90 Å². The standard InChI is InChI=1S/C29H38N2O5/c1-18(2)36-16-15-31-25(19-9-12-21(13-10-19)30(6)7)24(27(33)28(31)34)26(32)20-11-14-23(35-8)22(17-20)29(3,4)5/h9-14,17-18,25,32H,15-16H2,1-8H3/b26-24-. The third kappa shape index (κ3) is 5.57. The van der Waals surface area contributed by atoms with Crippen molar-refractivity contribution in [2.45, 2.75) is 52.2 Å². The van der Waals surface area contributed by atoms with Crippen LogP contribution in [0.4, 0.5) is 5.69 Å². The Morgan fingerprint density at radius 3 is 2.25 bits per heavy atom. The molecule has 0 aromatic heterocycles. The Kier molecular flexibility index (Phi) is 8.14. The van der Waals surface area contributed by atoms with Gasteiger partial charge in [0, 0.05) is 37.5 Å². The van der Waals surface area contributed by atoms with Gasteiger partial charge in [0.15, 0.2) is 0 Å². The summed E-state index contributed by atoms with van der Waals surface area (Å²) in [5.74, 6) is -0.848. The van der Waals surface area contributed by atoms with Gasteiger partial charge in [0.1, 0.15) is 11.5 Å². The van der Waals surface area contributed by atoms with Crippen molar-refractivity contribution >= 4 is 23.1 Å². The first-order valence-corrected chi connectivity index (χ1v) is 12.2. The number of likely N-dealkylation sites (tertiary alicyclic amines) is 1. The fourth-order valence-corrected chi connectivity index (χ4v) is 4.40. The number of ether oxygens (including phenoxy) is 2. The van der Waals surface area contributed by atoms with Crippen molar-refractivity contribution < 1.29 is 24.2 Å². The van der Waals surface area contributed by atoms with Crippen LogP contribution in [0, 0.1) is 0 Å². The molecule has 194 valence electrons. The number of benzene rings is 2. The molecule has 1 amide bonds. The van der Waals surface area contributed by atoms with Crippen molar-refractivity contribution in [1.29, 1.82) is 0 Å². The highest BCUT2D eigenvalue weighted by molar-refractivity contribution is 6.46. The van der Waals surface area contributed by atoms with Crippen molar-refractivity contribution in [2.75, 3.05) is 39.3 Å². The van der Waals surface area contributed by atoms with Crippen LogP contribution < -0.4 is 9.64 Å². The van der Waals surface area contributed by atoms with Gasteiger partial charge in [-0.05, 0) is 55.2 Å². The molecule has 0 aliphatic carbocycles. The third-order valence-corrected chi connectivity index (χ3v) is 6.33. The van der Waals surface area contributed by atoms with Gasteiger partial charge < -0.3 is 24.4 Å². The van der Waals surface area contributed by atoms with Crippen molar-refractivity contribution in [1.82, 2.24) is 4.90 Å². The number of nitrogens with zero attached hydrogens (tertiary/aromatic N) is 2. The average Bonchev–Trinajstić information content (AvgIpc) is 3.07. The number of rotatable bonds is 8. The van der Waals surface area contributed by atoms with Gasteiger partial charge in [-0.3, -0.25) is 9.59 Å². The molecule has 0 radical (unpaired) electrons. The van der Waals surface area contributed by atoms with Gasteiger partial charge in [-0.1, -0.05) is 32.9 Å². The lowest BCUT2D eigenvalue weighted by Gasteiger charge is -2.26. The van der Waals surface area contributed by atoms with Crippen LogP contribution in [0.15, 0.2) is 48.0 Å². The minimum atomic E-state index is -0.725. The monoisotopic (exact) mass is 494 g/mol. The van der Waals surface area contributed by atoms with Crippen LogP contribution >= 0.6 is 0 Å². The molecule has 36 heavy (non-hydrogen) atoms. The zero-order chi connectivity index (χ0) is 26.8. The summed E-state index contributed by atoms with van der Waals surface area (Å²) in [6.45, 7) is 10.5. The lowest BCUT2D eigenvalue weighted by molar-refractivity contribution is -0.140. The van der Waals surface area contributed by atoms with E-state index in [1.54, 1.807) is 19.2 Å². The maximum atomic E-state index is 13.3. The molecule has 1 unspecified atom stereocenters. The van der Waals surface area contributed by atoms with Gasteiger partial charge in [-0.15, -0.1) is 0 Å². The molecule has 1 saturated heterocycles. The predicted molar refractivity (Wildman–Crippen MR) is 143 cm³/mol. The molecule has 7 nitrogen and oxygen atoms in total. The first-order chi connectivity index (χ1) is 16.9. The molecule has 1 heterocycles. The van der Waals surface area contributed by atoms with Gasteiger partial charge >= 0.3 is 0 Å². The molecular weight excluding hydrogens is 456 g/mol. The number of anilines is 1. The number of hydrogen-bond donors (Lipinski definition) is 1. The number of aliphatic hydroxyl groups is 1. The second-order valence-corrected chi connectivity index (χ2v) is 10.6. The van der Waals surface area contributed by atoms with Crippen molar-refractivity contribution in [3.8, 4) is 5.75 Å². The van der Waals surface area contributed by atoms with E-state index in [-0.39, 0.29) is 36.0 Å². The summed E-state index contributed by atoms with van der Waals surface area (Å²) < 4.78 is 11.2. The largest absolute Gasteiger partial charge is 0.507 e. The first-order valence-electron chi connectivity index (χ1n) is 12.2. The van der Waals surface area contributed by atoms with Gasteiger partial charge in [0.05, 0.1) is 31.4 Å². The second kappa shape index (κ2) is 10.7. The maximum absolute atomic E-state index is 13.3. The second-order valence-electron chi connectivity index (χ2n) is 10.6. The molecule has 2 aromatic rings. The van der Waals surface area contributed by atoms with Gasteiger partial charge in [-0.2, -0.15) is 0 Å². The van der Waals surface area contributed by atoms with Crippen LogP contribution in [0.3, 0.4) is 0 Å². The van der Waals surface area contributed by atoms with Crippen LogP contribution in [0.1, 0.15) is 57.4 Å². The summed E-state index contributed by atoms with van der Waals surface area (Å²) >= 11 is 0. The molecule has 1 aliphatic rings. The summed E-state index contributed by atoms with van der Waals surface area (Å²) in [4.78, 5) is 29.9. The summed E-state index contributed by atoms with van der Waals surface area (Å²) in [5, 5.41) is 11.5. The summed E-state index contributed by atoms with van der Waals surface area (Å²) in [6, 6.07) is 12.3. The Morgan fingerprint density at radius 1 is 1.08 bits per heavy atom. The van der Waals surface area contributed by atoms with E-state index in [0.29, 0.717) is 11.3 Å². The molecule has 3 rings (SSSR count). The van der Waals surface area contributed by atoms with Crippen molar-refractivity contribution in [3.05, 3.63) is 64.7 Å². The number of ketones is 1. The van der Waals surface area contributed by atoms with E-state index in [0.717, 1.165) is 16.8 Å². The zero-order valence-corrected chi connectivity index (χ0v) is 22.6. The smallest absolute Gasteiger partial charge is 0.295 e. The maximum Gasteiger partial charge on any atom is 0.295 e. The van der Waals surface area contributed by atoms with E-state index >= 15 is 0 Å². The Morgan fingerprint density at radius 2 is 1.72 bits per heavy atom. The van der Waals surface area contributed by atoms with Crippen LogP contribution in [0.2, 0.25) is 0 Å². The number of carbonyl (C=O) groups is 2. The molecule has 1 atom stereocenters. The fourth-order valence-electron chi connectivity index (χ4n) is 4.40. The Bertz CT molecular complexity index is 1140. The van der Waals surface area contributed by atoms with Gasteiger partial charge in [0.2, 0.25) is 0 Å². The summed E-state index contributed by atoms with van der Waals surface area (Å²) in [6.07, 6.45) is -0.00485. The average molecular weight is 495 g/mol. The minimum Gasteiger partial charge on any atom is -0.507 e. The summed E-state index contributed by atoms with van der Waals surface area (Å²) in [7, 11) is 5.49. The number of aliphatic hydroxyl groups excluding tert-OH is 1. The SMILES string of the molecule is COc1ccc(/C(O)=C2/C(=O)C(=O)N(CCOC(C)C)C2c2ccc(N(C)C)cc2)cc1C(C)(C)C. The number of amides is 1. The Hall–Kier alpha value is -3.32. The van der Waals surface area contributed by atoms with E-state index in [9.17, 15) is 14.7 Å². The molecular formula is C29H38N2O5. The first kappa shape index (κ1) is 27.3. The third-order valence-electron chi connectivity index (χ3n) is 6.33. The van der Waals surface area contributed by atoms with Crippen LogP contribution in [-0.2, 0) is 19.7 Å². The van der Waals surface area contributed by atoms with Gasteiger partial charge in [-0.25, -0.2) is 0 Å². The normalized spacial score (nSPS) is 17.7. The molecule has 2 aromatic carbocycles. The van der Waals surface area contributed by atoms with Crippen molar-refractivity contribution in [3.63, 3.8) is 0 Å². The zero-order valence-electron chi connectivity index (χ0n) is 22.6. The van der Waals surface area contributed by atoms with E-state index in [4.69, 9.17) is 9.47 Å². The van der Waals surface area contributed by atoms with E-state index in [2.05, 4.69) is 20.8 Å². The highest BCUT2D eigenvalue weighted by atomic mass is 16.5. The Balaban J connectivity index is 2.16.